The molecule has 0 saturated carbocycles. The van der Waals surface area contributed by atoms with Gasteiger partial charge in [0.2, 0.25) is 0 Å². The Morgan fingerprint density at radius 2 is 0.930 bits per heavy atom. The standard InChI is InChI=1S/C41H72N2/c1-3-5-7-9-11-13-15-16-17-18-19-21-23-25-30-34-41(43-36-35-42-38-43)40(37-39-31-27-26-28-32-39)33-29-24-22-20-14-12-10-8-6-4-2/h26-28,31-32,35-36,38,40-41H,3-25,29-30,33-34,37H2,1-2H3. The molecule has 1 aromatic carbocycles. The molecule has 0 bridgehead atoms. The van der Waals surface area contributed by atoms with E-state index in [9.17, 15) is 0 Å². The van der Waals surface area contributed by atoms with Crippen molar-refractivity contribution in [2.45, 2.75) is 200 Å². The molecule has 0 spiro atoms. The molecular formula is C41H72N2. The number of hydrogen-bond donors (Lipinski definition) is 0. The summed E-state index contributed by atoms with van der Waals surface area (Å²) in [4.78, 5) is 4.47. The Bertz CT molecular complexity index is 798. The third kappa shape index (κ3) is 20.2. The van der Waals surface area contributed by atoms with Crippen molar-refractivity contribution in [1.82, 2.24) is 9.55 Å². The highest BCUT2D eigenvalue weighted by molar-refractivity contribution is 5.15. The van der Waals surface area contributed by atoms with Crippen LogP contribution in [-0.2, 0) is 6.42 Å². The zero-order chi connectivity index (χ0) is 30.5. The van der Waals surface area contributed by atoms with Crippen LogP contribution in [0.4, 0.5) is 0 Å². The molecule has 2 atom stereocenters. The van der Waals surface area contributed by atoms with E-state index in [4.69, 9.17) is 0 Å². The molecule has 0 amide bonds. The van der Waals surface area contributed by atoms with Gasteiger partial charge in [-0.05, 0) is 30.7 Å². The average molecular weight is 593 g/mol. The van der Waals surface area contributed by atoms with Gasteiger partial charge in [-0.3, -0.25) is 0 Å². The van der Waals surface area contributed by atoms with Crippen molar-refractivity contribution in [1.29, 1.82) is 0 Å². The van der Waals surface area contributed by atoms with Crippen molar-refractivity contribution >= 4 is 0 Å². The van der Waals surface area contributed by atoms with Gasteiger partial charge >= 0.3 is 0 Å². The summed E-state index contributed by atoms with van der Waals surface area (Å²) in [7, 11) is 0. The molecular weight excluding hydrogens is 520 g/mol. The lowest BCUT2D eigenvalue weighted by molar-refractivity contribution is 0.275. The lowest BCUT2D eigenvalue weighted by Gasteiger charge is -2.29. The Morgan fingerprint density at radius 3 is 1.35 bits per heavy atom. The molecule has 2 aromatic rings. The lowest BCUT2D eigenvalue weighted by atomic mass is 9.84. The quantitative estimate of drug-likeness (QED) is 0.0796. The van der Waals surface area contributed by atoms with Crippen molar-refractivity contribution in [2.75, 3.05) is 0 Å². The zero-order valence-corrected chi connectivity index (χ0v) is 29.0. The number of nitrogens with zero attached hydrogens (tertiary/aromatic N) is 2. The van der Waals surface area contributed by atoms with Gasteiger partial charge in [0.15, 0.2) is 0 Å². The Kier molecular flexibility index (Phi) is 24.4. The Hall–Kier alpha value is -1.57. The Labute approximate surface area is 269 Å². The maximum absolute atomic E-state index is 4.47. The van der Waals surface area contributed by atoms with Gasteiger partial charge in [0.1, 0.15) is 0 Å². The van der Waals surface area contributed by atoms with Gasteiger partial charge < -0.3 is 4.57 Å². The lowest BCUT2D eigenvalue weighted by Crippen LogP contribution is -2.21. The summed E-state index contributed by atoms with van der Waals surface area (Å²) in [6.45, 7) is 4.62. The summed E-state index contributed by atoms with van der Waals surface area (Å²) in [5.41, 5.74) is 1.50. The van der Waals surface area contributed by atoms with Crippen molar-refractivity contribution in [3.05, 3.63) is 54.6 Å². The highest BCUT2D eigenvalue weighted by Gasteiger charge is 2.23. The van der Waals surface area contributed by atoms with Crippen LogP contribution in [0.1, 0.15) is 199 Å². The third-order valence-corrected chi connectivity index (χ3v) is 9.82. The van der Waals surface area contributed by atoms with Crippen LogP contribution in [0.3, 0.4) is 0 Å². The molecule has 2 nitrogen and oxygen atoms in total. The van der Waals surface area contributed by atoms with E-state index in [-0.39, 0.29) is 0 Å². The van der Waals surface area contributed by atoms with Gasteiger partial charge in [-0.15, -0.1) is 0 Å². The van der Waals surface area contributed by atoms with Crippen molar-refractivity contribution in [3.8, 4) is 0 Å². The van der Waals surface area contributed by atoms with Crippen LogP contribution in [0.15, 0.2) is 49.1 Å². The SMILES string of the molecule is CCCCCCCCCCCCCCCCCC(C(CCCCCCCCCCCC)Cc1ccccc1)n1ccnc1. The first-order valence-electron chi connectivity index (χ1n) is 19.4. The predicted molar refractivity (Wildman–Crippen MR) is 191 cm³/mol. The summed E-state index contributed by atoms with van der Waals surface area (Å²) >= 11 is 0. The van der Waals surface area contributed by atoms with Crippen LogP contribution in [0.5, 0.6) is 0 Å². The minimum Gasteiger partial charge on any atom is -0.334 e. The topological polar surface area (TPSA) is 17.8 Å². The van der Waals surface area contributed by atoms with E-state index in [0.29, 0.717) is 12.0 Å². The minimum absolute atomic E-state index is 0.572. The molecule has 0 saturated heterocycles. The normalized spacial score (nSPS) is 13.0. The van der Waals surface area contributed by atoms with Crippen LogP contribution in [0.2, 0.25) is 0 Å². The molecule has 1 aromatic heterocycles. The molecule has 0 aliphatic heterocycles. The molecule has 43 heavy (non-hydrogen) atoms. The predicted octanol–water partition coefficient (Wildman–Crippen LogP) is 13.9. The second kappa shape index (κ2) is 27.9. The molecule has 246 valence electrons. The maximum Gasteiger partial charge on any atom is 0.0948 e. The molecule has 2 unspecified atom stereocenters. The van der Waals surface area contributed by atoms with Gasteiger partial charge in [-0.25, -0.2) is 4.98 Å². The van der Waals surface area contributed by atoms with E-state index in [1.807, 2.05) is 6.20 Å². The third-order valence-electron chi connectivity index (χ3n) is 9.82. The first kappa shape index (κ1) is 37.6. The summed E-state index contributed by atoms with van der Waals surface area (Å²) in [6.07, 6.45) is 45.8. The fourth-order valence-electron chi connectivity index (χ4n) is 7.06. The van der Waals surface area contributed by atoms with E-state index in [2.05, 4.69) is 66.3 Å². The summed E-state index contributed by atoms with van der Waals surface area (Å²) in [6, 6.07) is 11.8. The van der Waals surface area contributed by atoms with Gasteiger partial charge in [-0.1, -0.05) is 205 Å². The molecule has 1 heterocycles. The number of benzene rings is 1. The molecule has 2 rings (SSSR count). The van der Waals surface area contributed by atoms with Gasteiger partial charge in [-0.2, -0.15) is 0 Å². The second-order valence-corrected chi connectivity index (χ2v) is 13.7. The largest absolute Gasteiger partial charge is 0.334 e. The molecule has 0 aliphatic rings. The summed E-state index contributed by atoms with van der Waals surface area (Å²) in [5.74, 6) is 0.692. The van der Waals surface area contributed by atoms with Crippen LogP contribution in [0, 0.1) is 5.92 Å². The maximum atomic E-state index is 4.47. The van der Waals surface area contributed by atoms with E-state index >= 15 is 0 Å². The van der Waals surface area contributed by atoms with E-state index in [1.165, 1.54) is 185 Å². The summed E-state index contributed by atoms with van der Waals surface area (Å²) in [5, 5.41) is 0. The minimum atomic E-state index is 0.572. The Morgan fingerprint density at radius 1 is 0.512 bits per heavy atom. The van der Waals surface area contributed by atoms with Gasteiger partial charge in [0.25, 0.3) is 0 Å². The number of rotatable bonds is 31. The van der Waals surface area contributed by atoms with Crippen molar-refractivity contribution in [3.63, 3.8) is 0 Å². The Balaban J connectivity index is 1.68. The van der Waals surface area contributed by atoms with Gasteiger partial charge in [0.05, 0.1) is 6.33 Å². The molecule has 2 heteroatoms. The number of hydrogen-bond acceptors (Lipinski definition) is 1. The fourth-order valence-corrected chi connectivity index (χ4v) is 7.06. The van der Waals surface area contributed by atoms with E-state index in [1.54, 1.807) is 0 Å². The first-order valence-corrected chi connectivity index (χ1v) is 19.4. The highest BCUT2D eigenvalue weighted by atomic mass is 15.1. The van der Waals surface area contributed by atoms with Crippen molar-refractivity contribution in [2.24, 2.45) is 5.92 Å². The second-order valence-electron chi connectivity index (χ2n) is 13.7. The van der Waals surface area contributed by atoms with Crippen molar-refractivity contribution < 1.29 is 0 Å². The smallest absolute Gasteiger partial charge is 0.0948 e. The highest BCUT2D eigenvalue weighted by Crippen LogP contribution is 2.32. The van der Waals surface area contributed by atoms with Crippen LogP contribution in [-0.4, -0.2) is 9.55 Å². The number of unbranched alkanes of at least 4 members (excludes halogenated alkanes) is 23. The average Bonchev–Trinajstić information content (AvgIpc) is 3.57. The number of aromatic nitrogens is 2. The van der Waals surface area contributed by atoms with E-state index < -0.39 is 0 Å². The fraction of sp³-hybridized carbons (Fsp3) is 0.780. The molecule has 0 fully saturated rings. The first-order chi connectivity index (χ1) is 21.3. The molecule has 0 aliphatic carbocycles. The van der Waals surface area contributed by atoms with E-state index in [0.717, 1.165) is 0 Å². The van der Waals surface area contributed by atoms with Crippen LogP contribution in [0.25, 0.3) is 0 Å². The van der Waals surface area contributed by atoms with Gasteiger partial charge in [0, 0.05) is 18.4 Å². The summed E-state index contributed by atoms with van der Waals surface area (Å²) < 4.78 is 2.45. The monoisotopic (exact) mass is 593 g/mol. The molecule has 0 radical (unpaired) electrons. The van der Waals surface area contributed by atoms with Crippen LogP contribution >= 0.6 is 0 Å². The number of imidazole rings is 1. The zero-order valence-electron chi connectivity index (χ0n) is 29.0. The molecule has 0 N–H and O–H groups in total. The van der Waals surface area contributed by atoms with Crippen LogP contribution < -0.4 is 0 Å².